The van der Waals surface area contributed by atoms with Crippen LogP contribution in [0.4, 0.5) is 11.5 Å². The molecule has 0 unspecified atom stereocenters. The number of nitrogens with two attached hydrogens (primary N) is 1. The summed E-state index contributed by atoms with van der Waals surface area (Å²) in [6.07, 6.45) is 1.83. The molecule has 6 nitrogen and oxygen atoms in total. The molecule has 0 spiro atoms. The van der Waals surface area contributed by atoms with E-state index in [0.717, 1.165) is 43.3 Å². The smallest absolute Gasteiger partial charge is 0.129 e. The summed E-state index contributed by atoms with van der Waals surface area (Å²) in [7, 11) is 0. The summed E-state index contributed by atoms with van der Waals surface area (Å²) in [6, 6.07) is 9.28. The number of benzene rings is 1. The third-order valence-corrected chi connectivity index (χ3v) is 4.14. The van der Waals surface area contributed by atoms with E-state index in [0.29, 0.717) is 17.0 Å². The minimum atomic E-state index is 0.0749. The Hall–Kier alpha value is -2.60. The van der Waals surface area contributed by atoms with Crippen molar-refractivity contribution in [2.75, 3.05) is 36.8 Å². The Bertz CT molecular complexity index is 753. The lowest BCUT2D eigenvalue weighted by Crippen LogP contribution is -2.43. The summed E-state index contributed by atoms with van der Waals surface area (Å²) in [5.41, 5.74) is 8.54. The molecule has 0 saturated carbocycles. The molecular formula is C19H25N5O. The number of hydrogen-bond acceptors (Lipinski definition) is 6. The normalized spacial score (nSPS) is 14.6. The lowest BCUT2D eigenvalue weighted by molar-refractivity contribution is 0.242. The van der Waals surface area contributed by atoms with Gasteiger partial charge in [0.2, 0.25) is 0 Å². The van der Waals surface area contributed by atoms with Gasteiger partial charge in [-0.3, -0.25) is 5.41 Å². The molecule has 2 aromatic rings. The molecule has 1 fully saturated rings. The number of ether oxygens (including phenoxy) is 1. The van der Waals surface area contributed by atoms with Crippen LogP contribution >= 0.6 is 0 Å². The van der Waals surface area contributed by atoms with Crippen molar-refractivity contribution in [3.05, 3.63) is 47.7 Å². The van der Waals surface area contributed by atoms with Crippen LogP contribution in [0.5, 0.6) is 5.75 Å². The first-order valence-electron chi connectivity index (χ1n) is 8.62. The van der Waals surface area contributed by atoms with E-state index in [2.05, 4.69) is 15.2 Å². The number of nitrogens with one attached hydrogen (secondary N) is 2. The van der Waals surface area contributed by atoms with E-state index in [1.165, 1.54) is 0 Å². The summed E-state index contributed by atoms with van der Waals surface area (Å²) < 4.78 is 5.74. The summed E-state index contributed by atoms with van der Waals surface area (Å²) in [5.74, 6) is 1.62. The zero-order valence-electron chi connectivity index (χ0n) is 14.7. The number of nitrogen functional groups attached to an aromatic ring is 1. The van der Waals surface area contributed by atoms with E-state index in [1.807, 2.05) is 38.1 Å². The van der Waals surface area contributed by atoms with Gasteiger partial charge in [-0.2, -0.15) is 0 Å². The van der Waals surface area contributed by atoms with E-state index in [1.54, 1.807) is 12.3 Å². The van der Waals surface area contributed by atoms with Crippen LogP contribution in [0.3, 0.4) is 0 Å². The third-order valence-electron chi connectivity index (χ3n) is 4.14. The van der Waals surface area contributed by atoms with Crippen molar-refractivity contribution in [1.29, 1.82) is 5.41 Å². The first-order chi connectivity index (χ1) is 12.0. The second kappa shape index (κ2) is 7.53. The van der Waals surface area contributed by atoms with Gasteiger partial charge in [-0.05, 0) is 44.2 Å². The fraction of sp³-hybridized carbons (Fsp3) is 0.368. The van der Waals surface area contributed by atoms with Crippen molar-refractivity contribution in [2.24, 2.45) is 0 Å². The zero-order valence-corrected chi connectivity index (χ0v) is 14.7. The molecule has 132 valence electrons. The van der Waals surface area contributed by atoms with E-state index >= 15 is 0 Å². The van der Waals surface area contributed by atoms with Gasteiger partial charge in [0, 0.05) is 49.2 Å². The second-order valence-electron chi connectivity index (χ2n) is 6.43. The average molecular weight is 339 g/mol. The number of pyridine rings is 1. The summed E-state index contributed by atoms with van der Waals surface area (Å²) in [4.78, 5) is 6.70. The molecule has 1 saturated heterocycles. The van der Waals surface area contributed by atoms with E-state index in [-0.39, 0.29) is 6.10 Å². The lowest BCUT2D eigenvalue weighted by Gasteiger charge is -2.28. The third kappa shape index (κ3) is 4.09. The van der Waals surface area contributed by atoms with Gasteiger partial charge < -0.3 is 20.7 Å². The van der Waals surface area contributed by atoms with Gasteiger partial charge in [0.05, 0.1) is 11.8 Å². The van der Waals surface area contributed by atoms with Crippen LogP contribution in [-0.4, -0.2) is 43.0 Å². The van der Waals surface area contributed by atoms with Crippen LogP contribution < -0.4 is 20.7 Å². The first-order valence-corrected chi connectivity index (χ1v) is 8.62. The zero-order chi connectivity index (χ0) is 17.8. The average Bonchev–Trinajstić information content (AvgIpc) is 2.63. The van der Waals surface area contributed by atoms with Crippen LogP contribution in [0, 0.1) is 5.41 Å². The van der Waals surface area contributed by atoms with Crippen LogP contribution in [0.1, 0.15) is 25.0 Å². The Kier molecular flexibility index (Phi) is 5.19. The minimum Gasteiger partial charge on any atom is -0.491 e. The van der Waals surface area contributed by atoms with Gasteiger partial charge in [0.25, 0.3) is 0 Å². The molecule has 25 heavy (non-hydrogen) atoms. The largest absolute Gasteiger partial charge is 0.491 e. The van der Waals surface area contributed by atoms with Crippen LogP contribution in [-0.2, 0) is 0 Å². The SMILES string of the molecule is CC(C)Oc1ccc(N)c(C(=N)c2ccnc(N3CCNCC3)c2)c1. The van der Waals surface area contributed by atoms with Crippen molar-refractivity contribution < 1.29 is 4.74 Å². The predicted molar refractivity (Wildman–Crippen MR) is 102 cm³/mol. The topological polar surface area (TPSA) is 87.3 Å². The molecule has 6 heteroatoms. The van der Waals surface area contributed by atoms with Crippen molar-refractivity contribution in [3.8, 4) is 5.75 Å². The molecule has 0 aliphatic carbocycles. The number of anilines is 2. The van der Waals surface area contributed by atoms with Gasteiger partial charge >= 0.3 is 0 Å². The predicted octanol–water partition coefficient (Wildman–Crippen LogP) is 2.28. The number of rotatable bonds is 5. The Morgan fingerprint density at radius 1 is 1.24 bits per heavy atom. The maximum Gasteiger partial charge on any atom is 0.129 e. The number of hydrogen-bond donors (Lipinski definition) is 3. The van der Waals surface area contributed by atoms with E-state index < -0.39 is 0 Å². The van der Waals surface area contributed by atoms with Crippen LogP contribution in [0.2, 0.25) is 0 Å². The van der Waals surface area contributed by atoms with Gasteiger partial charge in [-0.25, -0.2) is 4.98 Å². The number of aromatic nitrogens is 1. The van der Waals surface area contributed by atoms with Crippen LogP contribution in [0.25, 0.3) is 0 Å². The van der Waals surface area contributed by atoms with E-state index in [9.17, 15) is 0 Å². The monoisotopic (exact) mass is 339 g/mol. The molecule has 1 aliphatic rings. The lowest BCUT2D eigenvalue weighted by atomic mass is 10.0. The molecule has 2 heterocycles. The quantitative estimate of drug-likeness (QED) is 0.575. The molecule has 3 rings (SSSR count). The molecular weight excluding hydrogens is 314 g/mol. The highest BCUT2D eigenvalue weighted by Gasteiger charge is 2.15. The molecule has 4 N–H and O–H groups in total. The molecule has 1 aromatic heterocycles. The molecule has 0 amide bonds. The Labute approximate surface area is 148 Å². The Morgan fingerprint density at radius 2 is 2.00 bits per heavy atom. The molecule has 0 atom stereocenters. The fourth-order valence-electron chi connectivity index (χ4n) is 2.89. The summed E-state index contributed by atoms with van der Waals surface area (Å²) in [6.45, 7) is 7.69. The summed E-state index contributed by atoms with van der Waals surface area (Å²) >= 11 is 0. The highest BCUT2D eigenvalue weighted by molar-refractivity contribution is 6.14. The maximum absolute atomic E-state index is 8.61. The van der Waals surface area contributed by atoms with Gasteiger partial charge in [0.1, 0.15) is 11.6 Å². The molecule has 0 bridgehead atoms. The van der Waals surface area contributed by atoms with Crippen molar-refractivity contribution in [1.82, 2.24) is 10.3 Å². The molecule has 1 aliphatic heterocycles. The maximum atomic E-state index is 8.61. The minimum absolute atomic E-state index is 0.0749. The Balaban J connectivity index is 1.87. The second-order valence-corrected chi connectivity index (χ2v) is 6.43. The van der Waals surface area contributed by atoms with Crippen molar-refractivity contribution in [3.63, 3.8) is 0 Å². The first kappa shape index (κ1) is 17.2. The Morgan fingerprint density at radius 3 is 2.72 bits per heavy atom. The van der Waals surface area contributed by atoms with Gasteiger partial charge in [-0.1, -0.05) is 0 Å². The molecule has 1 aromatic carbocycles. The van der Waals surface area contributed by atoms with Crippen LogP contribution in [0.15, 0.2) is 36.5 Å². The standard InChI is InChI=1S/C19H25N5O/c1-13(2)25-15-3-4-17(20)16(12-15)19(21)14-5-6-23-18(11-14)24-9-7-22-8-10-24/h3-6,11-13,21-22H,7-10,20H2,1-2H3. The highest BCUT2D eigenvalue weighted by Crippen LogP contribution is 2.24. The van der Waals surface area contributed by atoms with Crippen molar-refractivity contribution in [2.45, 2.75) is 20.0 Å². The van der Waals surface area contributed by atoms with E-state index in [4.69, 9.17) is 15.9 Å². The highest BCUT2D eigenvalue weighted by atomic mass is 16.5. The summed E-state index contributed by atoms with van der Waals surface area (Å²) in [5, 5.41) is 11.9. The molecule has 0 radical (unpaired) electrons. The fourth-order valence-corrected chi connectivity index (χ4v) is 2.89. The van der Waals surface area contributed by atoms with Gasteiger partial charge in [0.15, 0.2) is 0 Å². The van der Waals surface area contributed by atoms with Gasteiger partial charge in [-0.15, -0.1) is 0 Å². The number of nitrogens with zero attached hydrogens (tertiary/aromatic N) is 2. The van der Waals surface area contributed by atoms with Crippen molar-refractivity contribution >= 4 is 17.2 Å². The number of piperazine rings is 1.